The van der Waals surface area contributed by atoms with E-state index in [1.807, 2.05) is 49.4 Å². The van der Waals surface area contributed by atoms with Crippen LogP contribution in [0.1, 0.15) is 15.9 Å². The number of carbonyl (C=O) groups is 1. The highest BCUT2D eigenvalue weighted by molar-refractivity contribution is 7.14. The predicted octanol–water partition coefficient (Wildman–Crippen LogP) is 3.33. The van der Waals surface area contributed by atoms with E-state index in [2.05, 4.69) is 25.2 Å². The summed E-state index contributed by atoms with van der Waals surface area (Å²) >= 11 is 0. The summed E-state index contributed by atoms with van der Waals surface area (Å²) in [4.78, 5) is 12.7. The number of benzene rings is 2. The van der Waals surface area contributed by atoms with Crippen LogP contribution in [-0.4, -0.2) is 13.5 Å². The molecule has 0 aromatic heterocycles. The van der Waals surface area contributed by atoms with Crippen LogP contribution in [0.5, 0.6) is 0 Å². The maximum atomic E-state index is 12.7. The van der Waals surface area contributed by atoms with Gasteiger partial charge in [0.15, 0.2) is 8.07 Å². The molecule has 0 atom stereocenters. The molecule has 18 heavy (non-hydrogen) atoms. The maximum Gasteiger partial charge on any atom is 0.163 e. The van der Waals surface area contributed by atoms with Crippen molar-refractivity contribution in [2.24, 2.45) is 0 Å². The average Bonchev–Trinajstić information content (AvgIpc) is 2.39. The molecule has 0 fully saturated rings. The molecule has 2 aromatic rings. The van der Waals surface area contributed by atoms with Crippen molar-refractivity contribution in [2.45, 2.75) is 20.0 Å². The third kappa shape index (κ3) is 2.43. The van der Waals surface area contributed by atoms with Crippen LogP contribution in [-0.2, 0) is 0 Å². The molecular formula is C16H18OSi. The lowest BCUT2D eigenvalue weighted by atomic mass is 10.2. The monoisotopic (exact) mass is 254 g/mol. The molecule has 0 aliphatic heterocycles. The van der Waals surface area contributed by atoms with Crippen LogP contribution in [0, 0.1) is 6.92 Å². The highest BCUT2D eigenvalue weighted by atomic mass is 28.3. The van der Waals surface area contributed by atoms with Crippen LogP contribution in [0.15, 0.2) is 54.6 Å². The number of aryl methyl sites for hydroxylation is 1. The average molecular weight is 254 g/mol. The molecule has 2 rings (SSSR count). The van der Waals surface area contributed by atoms with Crippen molar-refractivity contribution in [1.29, 1.82) is 0 Å². The van der Waals surface area contributed by atoms with Gasteiger partial charge >= 0.3 is 0 Å². The summed E-state index contributed by atoms with van der Waals surface area (Å²) in [5, 5.41) is 1.49. The van der Waals surface area contributed by atoms with Crippen molar-refractivity contribution in [2.75, 3.05) is 0 Å². The minimum Gasteiger partial charge on any atom is -0.300 e. The van der Waals surface area contributed by atoms with E-state index in [1.54, 1.807) is 0 Å². The van der Waals surface area contributed by atoms with Gasteiger partial charge in [0.1, 0.15) is 5.41 Å². The second-order valence-electron chi connectivity index (χ2n) is 5.19. The third-order valence-corrected chi connectivity index (χ3v) is 6.54. The van der Waals surface area contributed by atoms with E-state index in [0.29, 0.717) is 5.41 Å². The zero-order chi connectivity index (χ0) is 13.2. The molecule has 0 spiro atoms. The zero-order valence-corrected chi connectivity index (χ0v) is 12.1. The van der Waals surface area contributed by atoms with E-state index in [9.17, 15) is 4.79 Å². The Balaban J connectivity index is 2.39. The molecule has 0 saturated carbocycles. The molecule has 0 unspecified atom stereocenters. The van der Waals surface area contributed by atoms with Gasteiger partial charge in [-0.15, -0.1) is 0 Å². The molecule has 0 bridgehead atoms. The molecule has 0 amide bonds. The molecule has 0 saturated heterocycles. The van der Waals surface area contributed by atoms with Gasteiger partial charge in [0, 0.05) is 5.56 Å². The Morgan fingerprint density at radius 2 is 1.61 bits per heavy atom. The van der Waals surface area contributed by atoms with E-state index >= 15 is 0 Å². The molecule has 92 valence electrons. The second-order valence-corrected chi connectivity index (χ2v) is 9.47. The van der Waals surface area contributed by atoms with Crippen LogP contribution >= 0.6 is 0 Å². The van der Waals surface area contributed by atoms with Gasteiger partial charge in [-0.3, -0.25) is 4.79 Å². The predicted molar refractivity (Wildman–Crippen MR) is 79.1 cm³/mol. The van der Waals surface area contributed by atoms with Crippen molar-refractivity contribution in [3.8, 4) is 0 Å². The summed E-state index contributed by atoms with van der Waals surface area (Å²) in [6.07, 6.45) is 0. The van der Waals surface area contributed by atoms with Crippen molar-refractivity contribution in [3.05, 3.63) is 65.7 Å². The van der Waals surface area contributed by atoms with Crippen molar-refractivity contribution < 1.29 is 4.79 Å². The summed E-state index contributed by atoms with van der Waals surface area (Å²) < 4.78 is 0. The van der Waals surface area contributed by atoms with E-state index < -0.39 is 8.07 Å². The summed E-state index contributed by atoms with van der Waals surface area (Å²) in [6, 6.07) is 18.0. The quantitative estimate of drug-likeness (QED) is 0.768. The Hall–Kier alpha value is -1.67. The highest BCUT2D eigenvalue weighted by Crippen LogP contribution is 2.14. The first-order chi connectivity index (χ1) is 8.51. The standard InChI is InChI=1S/C16H18OSi/c1-13-8-7-9-14(12-13)16(17)18(2,3)15-10-5-4-6-11-15/h4-12H,1-3H3. The van der Waals surface area contributed by atoms with Gasteiger partial charge in [0.25, 0.3) is 0 Å². The van der Waals surface area contributed by atoms with E-state index in [0.717, 1.165) is 11.1 Å². The molecule has 1 nitrogen and oxygen atoms in total. The molecule has 2 aromatic carbocycles. The van der Waals surface area contributed by atoms with Gasteiger partial charge in [0.05, 0.1) is 0 Å². The molecule has 0 aliphatic rings. The Labute approximate surface area is 109 Å². The molecule has 0 aliphatic carbocycles. The van der Waals surface area contributed by atoms with Crippen LogP contribution in [0.25, 0.3) is 0 Å². The number of hydrogen-bond donors (Lipinski definition) is 0. The Morgan fingerprint density at radius 3 is 2.22 bits per heavy atom. The number of carbonyl (C=O) groups excluding carboxylic acids is 1. The van der Waals surface area contributed by atoms with Crippen molar-refractivity contribution in [1.82, 2.24) is 0 Å². The van der Waals surface area contributed by atoms with Crippen molar-refractivity contribution in [3.63, 3.8) is 0 Å². The molecule has 0 N–H and O–H groups in total. The van der Waals surface area contributed by atoms with E-state index in [-0.39, 0.29) is 0 Å². The first kappa shape index (κ1) is 12.8. The lowest BCUT2D eigenvalue weighted by Crippen LogP contribution is -2.49. The summed E-state index contributed by atoms with van der Waals surface area (Å²) in [5.41, 5.74) is 1.98. The summed E-state index contributed by atoms with van der Waals surface area (Å²) in [7, 11) is -2.09. The Bertz CT molecular complexity index is 558. The minimum atomic E-state index is -2.09. The topological polar surface area (TPSA) is 17.1 Å². The van der Waals surface area contributed by atoms with Crippen LogP contribution in [0.4, 0.5) is 0 Å². The van der Waals surface area contributed by atoms with Gasteiger partial charge in [0.2, 0.25) is 0 Å². The van der Waals surface area contributed by atoms with Crippen molar-refractivity contribution >= 4 is 18.7 Å². The fourth-order valence-corrected chi connectivity index (χ4v) is 4.30. The highest BCUT2D eigenvalue weighted by Gasteiger charge is 2.33. The fourth-order valence-electron chi connectivity index (χ4n) is 2.13. The van der Waals surface area contributed by atoms with Gasteiger partial charge in [-0.05, 0) is 13.0 Å². The van der Waals surface area contributed by atoms with Gasteiger partial charge in [-0.2, -0.15) is 0 Å². The first-order valence-corrected chi connectivity index (χ1v) is 9.19. The van der Waals surface area contributed by atoms with E-state index in [1.165, 1.54) is 5.19 Å². The SMILES string of the molecule is Cc1cccc(C(=O)[Si](C)(C)c2ccccc2)c1. The van der Waals surface area contributed by atoms with Crippen LogP contribution < -0.4 is 5.19 Å². The Kier molecular flexibility index (Phi) is 3.48. The zero-order valence-electron chi connectivity index (χ0n) is 11.1. The molecule has 2 heteroatoms. The van der Waals surface area contributed by atoms with E-state index in [4.69, 9.17) is 0 Å². The minimum absolute atomic E-state index is 0.303. The maximum absolute atomic E-state index is 12.7. The van der Waals surface area contributed by atoms with Crippen LogP contribution in [0.3, 0.4) is 0 Å². The van der Waals surface area contributed by atoms with Crippen LogP contribution in [0.2, 0.25) is 13.1 Å². The van der Waals surface area contributed by atoms with Gasteiger partial charge < -0.3 is 0 Å². The molecule has 0 heterocycles. The largest absolute Gasteiger partial charge is 0.300 e. The number of rotatable bonds is 3. The van der Waals surface area contributed by atoms with Gasteiger partial charge in [-0.1, -0.05) is 72.4 Å². The summed E-state index contributed by atoms with van der Waals surface area (Å²) in [6.45, 7) is 6.26. The van der Waals surface area contributed by atoms with Gasteiger partial charge in [-0.25, -0.2) is 0 Å². The lowest BCUT2D eigenvalue weighted by molar-refractivity contribution is 0.106. The molecular weight excluding hydrogens is 236 g/mol. The number of hydrogen-bond acceptors (Lipinski definition) is 1. The summed E-state index contributed by atoms with van der Waals surface area (Å²) in [5.74, 6) is 0. The fraction of sp³-hybridized carbons (Fsp3) is 0.188. The first-order valence-electron chi connectivity index (χ1n) is 6.19. The smallest absolute Gasteiger partial charge is 0.163 e. The Morgan fingerprint density at radius 1 is 0.944 bits per heavy atom. The lowest BCUT2D eigenvalue weighted by Gasteiger charge is -2.21. The third-order valence-electron chi connectivity index (χ3n) is 3.34. The normalized spacial score (nSPS) is 11.3. The molecule has 0 radical (unpaired) electrons. The second kappa shape index (κ2) is 4.90.